The van der Waals surface area contributed by atoms with E-state index in [0.717, 1.165) is 44.5 Å². The van der Waals surface area contributed by atoms with Crippen molar-refractivity contribution in [2.45, 2.75) is 31.8 Å². The molecule has 0 radical (unpaired) electrons. The molecule has 1 heterocycles. The molecule has 19 heavy (non-hydrogen) atoms. The third-order valence-electron chi connectivity index (χ3n) is 3.53. The number of ketones is 1. The van der Waals surface area contributed by atoms with Crippen LogP contribution in [0.15, 0.2) is 30.3 Å². The van der Waals surface area contributed by atoms with Gasteiger partial charge in [-0.3, -0.25) is 4.79 Å². The Labute approximate surface area is 121 Å². The molecule has 0 aliphatic carbocycles. The smallest absolute Gasteiger partial charge is 0.162 e. The van der Waals surface area contributed by atoms with E-state index in [9.17, 15) is 9.90 Å². The van der Waals surface area contributed by atoms with E-state index >= 15 is 0 Å². The molecule has 0 bridgehead atoms. The van der Waals surface area contributed by atoms with Crippen LogP contribution in [0.2, 0.25) is 0 Å². The molecule has 2 rings (SSSR count). The summed E-state index contributed by atoms with van der Waals surface area (Å²) < 4.78 is 0. The van der Waals surface area contributed by atoms with Crippen LogP contribution in [0.25, 0.3) is 0 Å². The number of aliphatic hydroxyl groups excluding tert-OH is 1. The van der Waals surface area contributed by atoms with E-state index in [0.29, 0.717) is 6.42 Å². The molecular formula is C15H22ClNO2. The normalized spacial score (nSPS) is 16.9. The first-order valence-corrected chi connectivity index (χ1v) is 6.74. The fourth-order valence-corrected chi connectivity index (χ4v) is 2.37. The van der Waals surface area contributed by atoms with Gasteiger partial charge in [0.25, 0.3) is 0 Å². The van der Waals surface area contributed by atoms with Gasteiger partial charge in [0, 0.05) is 25.1 Å². The SMILES string of the molecule is Cl.O=C(CCCN1CCC(O)CC1)c1ccccc1. The van der Waals surface area contributed by atoms with Gasteiger partial charge in [-0.2, -0.15) is 0 Å². The largest absolute Gasteiger partial charge is 0.393 e. The maximum absolute atomic E-state index is 11.9. The summed E-state index contributed by atoms with van der Waals surface area (Å²) in [6.07, 6.45) is 3.14. The predicted molar refractivity (Wildman–Crippen MR) is 78.9 cm³/mol. The third-order valence-corrected chi connectivity index (χ3v) is 3.53. The maximum atomic E-state index is 11.9. The summed E-state index contributed by atoms with van der Waals surface area (Å²) in [5.41, 5.74) is 0.812. The van der Waals surface area contributed by atoms with E-state index in [4.69, 9.17) is 0 Å². The third kappa shape index (κ3) is 5.31. The summed E-state index contributed by atoms with van der Waals surface area (Å²) in [5, 5.41) is 9.41. The Balaban J connectivity index is 0.00000180. The van der Waals surface area contributed by atoms with Gasteiger partial charge in [-0.1, -0.05) is 30.3 Å². The molecule has 0 atom stereocenters. The van der Waals surface area contributed by atoms with Crippen molar-refractivity contribution in [3.05, 3.63) is 35.9 Å². The monoisotopic (exact) mass is 283 g/mol. The Hall–Kier alpha value is -0.900. The van der Waals surface area contributed by atoms with Crippen LogP contribution in [0.1, 0.15) is 36.0 Å². The van der Waals surface area contributed by atoms with E-state index in [1.165, 1.54) is 0 Å². The first-order valence-electron chi connectivity index (χ1n) is 6.74. The highest BCUT2D eigenvalue weighted by Gasteiger charge is 2.16. The second-order valence-electron chi connectivity index (χ2n) is 4.97. The van der Waals surface area contributed by atoms with Crippen LogP contribution in [0.4, 0.5) is 0 Å². The standard InChI is InChI=1S/C15H21NO2.ClH/c17-14-8-11-16(12-9-14)10-4-7-15(18)13-5-2-1-3-6-13;/h1-3,5-6,14,17H,4,7-12H2;1H. The second kappa shape index (κ2) is 8.31. The zero-order valence-electron chi connectivity index (χ0n) is 11.1. The quantitative estimate of drug-likeness (QED) is 0.844. The average Bonchev–Trinajstić information content (AvgIpc) is 2.42. The number of hydrogen-bond donors (Lipinski definition) is 1. The summed E-state index contributed by atoms with van der Waals surface area (Å²) in [4.78, 5) is 14.2. The number of hydrogen-bond acceptors (Lipinski definition) is 3. The molecule has 0 saturated carbocycles. The summed E-state index contributed by atoms with van der Waals surface area (Å²) in [6, 6.07) is 9.48. The number of likely N-dealkylation sites (tertiary alicyclic amines) is 1. The molecule has 1 fully saturated rings. The Morgan fingerprint density at radius 2 is 1.84 bits per heavy atom. The van der Waals surface area contributed by atoms with Crippen molar-refractivity contribution in [3.8, 4) is 0 Å². The summed E-state index contributed by atoms with van der Waals surface area (Å²) >= 11 is 0. The Morgan fingerprint density at radius 3 is 2.47 bits per heavy atom. The molecule has 4 heteroatoms. The first-order chi connectivity index (χ1) is 8.75. The van der Waals surface area contributed by atoms with E-state index in [2.05, 4.69) is 4.90 Å². The highest BCUT2D eigenvalue weighted by atomic mass is 35.5. The van der Waals surface area contributed by atoms with Gasteiger partial charge in [0.1, 0.15) is 0 Å². The molecule has 1 N–H and O–H groups in total. The lowest BCUT2D eigenvalue weighted by atomic mass is 10.1. The molecule has 0 unspecified atom stereocenters. The lowest BCUT2D eigenvalue weighted by molar-refractivity contribution is 0.0800. The molecule has 0 spiro atoms. The van der Waals surface area contributed by atoms with E-state index in [1.54, 1.807) is 0 Å². The van der Waals surface area contributed by atoms with Gasteiger partial charge in [0.15, 0.2) is 5.78 Å². The molecule has 1 aliphatic rings. The molecule has 1 aromatic rings. The van der Waals surface area contributed by atoms with Crippen molar-refractivity contribution in [2.24, 2.45) is 0 Å². The molecule has 1 saturated heterocycles. The minimum atomic E-state index is -0.118. The molecule has 1 aromatic carbocycles. The Bertz CT molecular complexity index is 375. The van der Waals surface area contributed by atoms with Crippen molar-refractivity contribution < 1.29 is 9.90 Å². The lowest BCUT2D eigenvalue weighted by Crippen LogP contribution is -2.36. The Kier molecular flexibility index (Phi) is 7.06. The number of carbonyl (C=O) groups is 1. The number of rotatable bonds is 5. The fourth-order valence-electron chi connectivity index (χ4n) is 2.37. The highest BCUT2D eigenvalue weighted by molar-refractivity contribution is 5.95. The van der Waals surface area contributed by atoms with Gasteiger partial charge in [-0.25, -0.2) is 0 Å². The lowest BCUT2D eigenvalue weighted by Gasteiger charge is -2.29. The van der Waals surface area contributed by atoms with Crippen LogP contribution >= 0.6 is 12.4 Å². The minimum absolute atomic E-state index is 0. The number of aliphatic hydroxyl groups is 1. The highest BCUT2D eigenvalue weighted by Crippen LogP contribution is 2.11. The van der Waals surface area contributed by atoms with Gasteiger partial charge < -0.3 is 10.0 Å². The summed E-state index contributed by atoms with van der Waals surface area (Å²) in [5.74, 6) is 0.229. The Morgan fingerprint density at radius 1 is 1.21 bits per heavy atom. The van der Waals surface area contributed by atoms with Gasteiger partial charge in [0.05, 0.1) is 6.10 Å². The van der Waals surface area contributed by atoms with Crippen molar-refractivity contribution in [1.82, 2.24) is 4.90 Å². The maximum Gasteiger partial charge on any atom is 0.162 e. The number of benzene rings is 1. The molecule has 0 amide bonds. The van der Waals surface area contributed by atoms with Gasteiger partial charge >= 0.3 is 0 Å². The number of nitrogens with zero attached hydrogens (tertiary/aromatic N) is 1. The van der Waals surface area contributed by atoms with Crippen LogP contribution in [-0.4, -0.2) is 41.5 Å². The topological polar surface area (TPSA) is 40.5 Å². The molecule has 1 aliphatic heterocycles. The average molecular weight is 284 g/mol. The summed E-state index contributed by atoms with van der Waals surface area (Å²) in [6.45, 7) is 2.88. The molecule has 0 aromatic heterocycles. The van der Waals surface area contributed by atoms with Crippen molar-refractivity contribution in [2.75, 3.05) is 19.6 Å². The number of piperidine rings is 1. The zero-order chi connectivity index (χ0) is 12.8. The molecule has 106 valence electrons. The van der Waals surface area contributed by atoms with E-state index < -0.39 is 0 Å². The number of halogens is 1. The molecular weight excluding hydrogens is 262 g/mol. The number of carbonyl (C=O) groups excluding carboxylic acids is 1. The van der Waals surface area contributed by atoms with E-state index in [1.807, 2.05) is 30.3 Å². The molecule has 3 nitrogen and oxygen atoms in total. The summed E-state index contributed by atoms with van der Waals surface area (Å²) in [7, 11) is 0. The minimum Gasteiger partial charge on any atom is -0.393 e. The van der Waals surface area contributed by atoms with Crippen LogP contribution in [-0.2, 0) is 0 Å². The number of Topliss-reactive ketones (excluding diaryl/α,β-unsaturated/α-hetero) is 1. The first kappa shape index (κ1) is 16.2. The van der Waals surface area contributed by atoms with Gasteiger partial charge in [-0.05, 0) is 25.8 Å². The second-order valence-corrected chi connectivity index (χ2v) is 4.97. The van der Waals surface area contributed by atoms with Crippen LogP contribution in [0, 0.1) is 0 Å². The van der Waals surface area contributed by atoms with Crippen LogP contribution < -0.4 is 0 Å². The van der Waals surface area contributed by atoms with Crippen molar-refractivity contribution >= 4 is 18.2 Å². The van der Waals surface area contributed by atoms with Crippen LogP contribution in [0.5, 0.6) is 0 Å². The van der Waals surface area contributed by atoms with Crippen LogP contribution in [0.3, 0.4) is 0 Å². The van der Waals surface area contributed by atoms with Crippen molar-refractivity contribution in [1.29, 1.82) is 0 Å². The fraction of sp³-hybridized carbons (Fsp3) is 0.533. The zero-order valence-corrected chi connectivity index (χ0v) is 11.9. The van der Waals surface area contributed by atoms with E-state index in [-0.39, 0.29) is 24.3 Å². The van der Waals surface area contributed by atoms with Gasteiger partial charge in [0.2, 0.25) is 0 Å². The predicted octanol–water partition coefficient (Wildman–Crippen LogP) is 2.53. The van der Waals surface area contributed by atoms with Crippen molar-refractivity contribution in [3.63, 3.8) is 0 Å². The van der Waals surface area contributed by atoms with Gasteiger partial charge in [-0.15, -0.1) is 12.4 Å².